The molecule has 2 atom stereocenters. The summed E-state index contributed by atoms with van der Waals surface area (Å²) in [4.78, 5) is 0. The van der Waals surface area contributed by atoms with Crippen LogP contribution in [0.2, 0.25) is 0 Å². The first-order chi connectivity index (χ1) is 8.72. The van der Waals surface area contributed by atoms with Crippen molar-refractivity contribution < 1.29 is 9.47 Å². The quantitative estimate of drug-likeness (QED) is 0.892. The Bertz CT molecular complexity index is 392. The number of hydrogen-bond acceptors (Lipinski definition) is 3. The van der Waals surface area contributed by atoms with Crippen molar-refractivity contribution in [3.05, 3.63) is 29.3 Å². The van der Waals surface area contributed by atoms with Crippen molar-refractivity contribution >= 4 is 0 Å². The summed E-state index contributed by atoms with van der Waals surface area (Å²) in [5, 5.41) is 0. The zero-order valence-electron chi connectivity index (χ0n) is 11.3. The number of benzene rings is 1. The predicted molar refractivity (Wildman–Crippen MR) is 72.8 cm³/mol. The molecule has 0 spiro atoms. The number of ether oxygens (including phenoxy) is 2. The fraction of sp³-hybridized carbons (Fsp3) is 0.600. The number of rotatable bonds is 4. The zero-order valence-corrected chi connectivity index (χ0v) is 11.3. The second-order valence-corrected chi connectivity index (χ2v) is 5.08. The van der Waals surface area contributed by atoms with Gasteiger partial charge < -0.3 is 15.2 Å². The fourth-order valence-corrected chi connectivity index (χ4v) is 2.59. The monoisotopic (exact) mass is 249 g/mol. The minimum Gasteiger partial charge on any atom is -0.490 e. The largest absolute Gasteiger partial charge is 0.490 e. The lowest BCUT2D eigenvalue weighted by Crippen LogP contribution is -2.29. The molecule has 0 heterocycles. The molecule has 100 valence electrons. The van der Waals surface area contributed by atoms with E-state index in [1.54, 1.807) is 7.11 Å². The first-order valence-electron chi connectivity index (χ1n) is 6.72. The third kappa shape index (κ3) is 3.24. The second kappa shape index (κ2) is 6.21. The van der Waals surface area contributed by atoms with Crippen LogP contribution in [-0.2, 0) is 11.3 Å². The third-order valence-corrected chi connectivity index (χ3v) is 3.64. The summed E-state index contributed by atoms with van der Waals surface area (Å²) >= 11 is 0. The van der Waals surface area contributed by atoms with Crippen LogP contribution in [0.5, 0.6) is 5.75 Å². The molecule has 18 heavy (non-hydrogen) atoms. The standard InChI is InChI=1S/C15H23NO2/c1-11-6-7-15(12(8-11)10-16)18-14-5-3-4-13(9-14)17-2/h6-8,13-14H,3-5,9-10,16H2,1-2H3. The molecule has 1 saturated carbocycles. The van der Waals surface area contributed by atoms with E-state index in [1.807, 2.05) is 6.07 Å². The van der Waals surface area contributed by atoms with Crippen LogP contribution in [0, 0.1) is 6.92 Å². The molecule has 2 N–H and O–H groups in total. The molecule has 3 heteroatoms. The summed E-state index contributed by atoms with van der Waals surface area (Å²) in [5.41, 5.74) is 8.09. The molecule has 0 aliphatic heterocycles. The molecule has 1 fully saturated rings. The Morgan fingerprint density at radius 2 is 2.06 bits per heavy atom. The first kappa shape index (κ1) is 13.4. The van der Waals surface area contributed by atoms with E-state index in [2.05, 4.69) is 19.1 Å². The predicted octanol–water partition coefficient (Wildman–Crippen LogP) is 2.79. The van der Waals surface area contributed by atoms with Crippen LogP contribution >= 0.6 is 0 Å². The van der Waals surface area contributed by atoms with E-state index in [4.69, 9.17) is 15.2 Å². The molecule has 1 aliphatic rings. The third-order valence-electron chi connectivity index (χ3n) is 3.64. The molecule has 1 aromatic rings. The fourth-order valence-electron chi connectivity index (χ4n) is 2.59. The van der Waals surface area contributed by atoms with Crippen molar-refractivity contribution in [3.8, 4) is 5.75 Å². The topological polar surface area (TPSA) is 44.5 Å². The lowest BCUT2D eigenvalue weighted by Gasteiger charge is -2.29. The van der Waals surface area contributed by atoms with E-state index >= 15 is 0 Å². The molecule has 1 aliphatic carbocycles. The second-order valence-electron chi connectivity index (χ2n) is 5.08. The Labute approximate surface area is 109 Å². The molecule has 0 bridgehead atoms. The van der Waals surface area contributed by atoms with E-state index in [0.717, 1.165) is 30.6 Å². The Hall–Kier alpha value is -1.06. The Kier molecular flexibility index (Phi) is 4.61. The van der Waals surface area contributed by atoms with E-state index in [-0.39, 0.29) is 6.10 Å². The van der Waals surface area contributed by atoms with Gasteiger partial charge in [-0.2, -0.15) is 0 Å². The van der Waals surface area contributed by atoms with Crippen molar-refractivity contribution in [2.75, 3.05) is 7.11 Å². The average Bonchev–Trinajstić information content (AvgIpc) is 2.41. The van der Waals surface area contributed by atoms with Gasteiger partial charge in [0.2, 0.25) is 0 Å². The summed E-state index contributed by atoms with van der Waals surface area (Å²) in [7, 11) is 1.78. The maximum Gasteiger partial charge on any atom is 0.124 e. The van der Waals surface area contributed by atoms with Crippen LogP contribution in [0.25, 0.3) is 0 Å². The lowest BCUT2D eigenvalue weighted by molar-refractivity contribution is 0.0207. The molecule has 0 aromatic heterocycles. The molecule has 2 rings (SSSR count). The summed E-state index contributed by atoms with van der Waals surface area (Å²) in [6, 6.07) is 6.21. The summed E-state index contributed by atoms with van der Waals surface area (Å²) in [6.45, 7) is 2.60. The van der Waals surface area contributed by atoms with E-state index in [9.17, 15) is 0 Å². The van der Waals surface area contributed by atoms with Crippen LogP contribution in [0.15, 0.2) is 18.2 Å². The van der Waals surface area contributed by atoms with Gasteiger partial charge in [-0.3, -0.25) is 0 Å². The van der Waals surface area contributed by atoms with Gasteiger partial charge in [-0.05, 0) is 32.3 Å². The van der Waals surface area contributed by atoms with Crippen LogP contribution in [0.4, 0.5) is 0 Å². The highest BCUT2D eigenvalue weighted by atomic mass is 16.5. The molecule has 1 aromatic carbocycles. The Morgan fingerprint density at radius 1 is 1.28 bits per heavy atom. The first-order valence-corrected chi connectivity index (χ1v) is 6.72. The number of aryl methyl sites for hydroxylation is 1. The molecular formula is C15H23NO2. The minimum absolute atomic E-state index is 0.261. The number of hydrogen-bond donors (Lipinski definition) is 1. The minimum atomic E-state index is 0.261. The highest BCUT2D eigenvalue weighted by Gasteiger charge is 2.23. The average molecular weight is 249 g/mol. The maximum atomic E-state index is 6.10. The van der Waals surface area contributed by atoms with Gasteiger partial charge in [0.25, 0.3) is 0 Å². The zero-order chi connectivity index (χ0) is 13.0. The smallest absolute Gasteiger partial charge is 0.124 e. The van der Waals surface area contributed by atoms with E-state index < -0.39 is 0 Å². The van der Waals surface area contributed by atoms with Crippen LogP contribution in [0.1, 0.15) is 36.8 Å². The summed E-state index contributed by atoms with van der Waals surface area (Å²) in [6.07, 6.45) is 5.01. The van der Waals surface area contributed by atoms with Crippen molar-refractivity contribution in [2.45, 2.75) is 51.4 Å². The number of methoxy groups -OCH3 is 1. The highest BCUT2D eigenvalue weighted by molar-refractivity contribution is 5.36. The van der Waals surface area contributed by atoms with Crippen molar-refractivity contribution in [1.82, 2.24) is 0 Å². The van der Waals surface area contributed by atoms with Gasteiger partial charge in [0.05, 0.1) is 6.10 Å². The van der Waals surface area contributed by atoms with Crippen molar-refractivity contribution in [1.29, 1.82) is 0 Å². The van der Waals surface area contributed by atoms with Gasteiger partial charge in [0, 0.05) is 25.6 Å². The molecular weight excluding hydrogens is 226 g/mol. The van der Waals surface area contributed by atoms with Crippen molar-refractivity contribution in [3.63, 3.8) is 0 Å². The van der Waals surface area contributed by atoms with Crippen LogP contribution in [-0.4, -0.2) is 19.3 Å². The summed E-state index contributed by atoms with van der Waals surface area (Å²) < 4.78 is 11.5. The molecule has 3 nitrogen and oxygen atoms in total. The SMILES string of the molecule is COC1CCCC(Oc2ccc(C)cc2CN)C1. The maximum absolute atomic E-state index is 6.10. The van der Waals surface area contributed by atoms with Crippen LogP contribution in [0.3, 0.4) is 0 Å². The van der Waals surface area contributed by atoms with Gasteiger partial charge in [-0.15, -0.1) is 0 Å². The van der Waals surface area contributed by atoms with Crippen LogP contribution < -0.4 is 10.5 Å². The van der Waals surface area contributed by atoms with Gasteiger partial charge in [-0.1, -0.05) is 17.7 Å². The molecule has 0 radical (unpaired) electrons. The Morgan fingerprint density at radius 3 is 2.78 bits per heavy atom. The van der Waals surface area contributed by atoms with Gasteiger partial charge in [-0.25, -0.2) is 0 Å². The lowest BCUT2D eigenvalue weighted by atomic mass is 9.95. The molecule has 0 saturated heterocycles. The van der Waals surface area contributed by atoms with E-state index in [0.29, 0.717) is 12.6 Å². The van der Waals surface area contributed by atoms with E-state index in [1.165, 1.54) is 12.0 Å². The number of nitrogens with two attached hydrogens (primary N) is 1. The Balaban J connectivity index is 2.04. The van der Waals surface area contributed by atoms with Gasteiger partial charge in [0.15, 0.2) is 0 Å². The highest BCUT2D eigenvalue weighted by Crippen LogP contribution is 2.27. The normalized spacial score (nSPS) is 23.9. The molecule has 2 unspecified atom stereocenters. The van der Waals surface area contributed by atoms with Gasteiger partial charge in [0.1, 0.15) is 11.9 Å². The molecule has 0 amide bonds. The summed E-state index contributed by atoms with van der Waals surface area (Å²) in [5.74, 6) is 0.935. The van der Waals surface area contributed by atoms with Gasteiger partial charge >= 0.3 is 0 Å². The van der Waals surface area contributed by atoms with Crippen molar-refractivity contribution in [2.24, 2.45) is 5.73 Å².